The zero-order valence-corrected chi connectivity index (χ0v) is 12.5. The van der Waals surface area contributed by atoms with Gasteiger partial charge >= 0.3 is 0 Å². The minimum Gasteiger partial charge on any atom is -0.459 e. The molecule has 22 heavy (non-hydrogen) atoms. The molecule has 3 aromatic rings. The maximum absolute atomic E-state index is 12.0. The molecule has 1 amide bonds. The number of rotatable bonds is 5. The third-order valence-electron chi connectivity index (χ3n) is 3.61. The van der Waals surface area contributed by atoms with E-state index in [4.69, 9.17) is 4.42 Å². The van der Waals surface area contributed by atoms with Gasteiger partial charge in [-0.25, -0.2) is 0 Å². The van der Waals surface area contributed by atoms with Crippen LogP contribution in [0.15, 0.2) is 59.3 Å². The molecular weight excluding hydrogens is 276 g/mol. The Hall–Kier alpha value is -2.62. The summed E-state index contributed by atoms with van der Waals surface area (Å²) in [5.41, 5.74) is 1.91. The van der Waals surface area contributed by atoms with Crippen molar-refractivity contribution in [3.63, 3.8) is 0 Å². The first-order valence-electron chi connectivity index (χ1n) is 7.39. The Labute approximate surface area is 129 Å². The number of aromatic nitrogens is 1. The average molecular weight is 294 g/mol. The first-order chi connectivity index (χ1) is 10.7. The minimum atomic E-state index is -0.145. The summed E-state index contributed by atoms with van der Waals surface area (Å²) in [6.07, 6.45) is 4.64. The summed E-state index contributed by atoms with van der Waals surface area (Å²) in [6.45, 7) is 1.93. The fourth-order valence-corrected chi connectivity index (χ4v) is 2.40. The maximum atomic E-state index is 12.0. The summed E-state index contributed by atoms with van der Waals surface area (Å²) in [6, 6.07) is 13.5. The third kappa shape index (κ3) is 3.34. The summed E-state index contributed by atoms with van der Waals surface area (Å²) in [5, 5.41) is 4.02. The van der Waals surface area contributed by atoms with E-state index in [0.29, 0.717) is 12.8 Å². The second-order valence-electron chi connectivity index (χ2n) is 5.34. The van der Waals surface area contributed by atoms with Gasteiger partial charge in [0.1, 0.15) is 11.3 Å². The molecule has 3 rings (SSSR count). The SMILES string of the molecule is CC(NC(=O)CCc1cccnc1)c1cc2ccccc2o1. The van der Waals surface area contributed by atoms with Crippen LogP contribution in [0.3, 0.4) is 0 Å². The number of fused-ring (bicyclic) bond motifs is 1. The highest BCUT2D eigenvalue weighted by atomic mass is 16.3. The molecule has 0 spiro atoms. The Bertz CT molecular complexity index is 732. The monoisotopic (exact) mass is 294 g/mol. The van der Waals surface area contributed by atoms with Crippen LogP contribution in [0.2, 0.25) is 0 Å². The Morgan fingerprint density at radius 2 is 2.14 bits per heavy atom. The highest BCUT2D eigenvalue weighted by Crippen LogP contribution is 2.23. The Balaban J connectivity index is 1.58. The lowest BCUT2D eigenvalue weighted by molar-refractivity contribution is -0.121. The van der Waals surface area contributed by atoms with Gasteiger partial charge in [-0.15, -0.1) is 0 Å². The van der Waals surface area contributed by atoms with Crippen LogP contribution >= 0.6 is 0 Å². The number of para-hydroxylation sites is 1. The van der Waals surface area contributed by atoms with Crippen LogP contribution in [0.4, 0.5) is 0 Å². The zero-order valence-electron chi connectivity index (χ0n) is 12.5. The number of carbonyl (C=O) groups is 1. The predicted molar refractivity (Wildman–Crippen MR) is 85.3 cm³/mol. The van der Waals surface area contributed by atoms with Gasteiger partial charge in [-0.2, -0.15) is 0 Å². The third-order valence-corrected chi connectivity index (χ3v) is 3.61. The fourth-order valence-electron chi connectivity index (χ4n) is 2.40. The quantitative estimate of drug-likeness (QED) is 0.781. The fraction of sp³-hybridized carbons (Fsp3) is 0.222. The lowest BCUT2D eigenvalue weighted by Gasteiger charge is -2.11. The number of amides is 1. The van der Waals surface area contributed by atoms with Crippen LogP contribution in [-0.4, -0.2) is 10.9 Å². The zero-order chi connectivity index (χ0) is 15.4. The molecule has 0 radical (unpaired) electrons. The van der Waals surface area contributed by atoms with Crippen molar-refractivity contribution in [3.05, 3.63) is 66.2 Å². The van der Waals surface area contributed by atoms with Gasteiger partial charge in [0, 0.05) is 24.2 Å². The number of nitrogens with one attached hydrogen (secondary N) is 1. The van der Waals surface area contributed by atoms with Gasteiger partial charge in [0.15, 0.2) is 0 Å². The molecule has 1 unspecified atom stereocenters. The first kappa shape index (κ1) is 14.3. The average Bonchev–Trinajstić information content (AvgIpc) is 2.98. The number of hydrogen-bond acceptors (Lipinski definition) is 3. The summed E-state index contributed by atoms with van der Waals surface area (Å²) in [5.74, 6) is 0.785. The molecule has 1 atom stereocenters. The molecule has 0 saturated carbocycles. The van der Waals surface area contributed by atoms with Gasteiger partial charge in [-0.3, -0.25) is 9.78 Å². The van der Waals surface area contributed by atoms with E-state index in [9.17, 15) is 4.79 Å². The summed E-state index contributed by atoms with van der Waals surface area (Å²) < 4.78 is 5.77. The molecular formula is C18H18N2O2. The molecule has 2 heterocycles. The van der Waals surface area contributed by atoms with Gasteiger partial charge < -0.3 is 9.73 Å². The highest BCUT2D eigenvalue weighted by molar-refractivity contribution is 5.79. The van der Waals surface area contributed by atoms with Crippen LogP contribution in [0.5, 0.6) is 0 Å². The number of nitrogens with zero attached hydrogens (tertiary/aromatic N) is 1. The lowest BCUT2D eigenvalue weighted by atomic mass is 10.1. The molecule has 1 aromatic carbocycles. The number of furan rings is 1. The smallest absolute Gasteiger partial charge is 0.220 e. The molecule has 0 fully saturated rings. The van der Waals surface area contributed by atoms with Gasteiger partial charge in [0.05, 0.1) is 6.04 Å². The Morgan fingerprint density at radius 1 is 1.27 bits per heavy atom. The van der Waals surface area contributed by atoms with Crippen LogP contribution in [0.1, 0.15) is 30.7 Å². The van der Waals surface area contributed by atoms with E-state index in [2.05, 4.69) is 10.3 Å². The van der Waals surface area contributed by atoms with E-state index in [1.807, 2.05) is 49.4 Å². The topological polar surface area (TPSA) is 55.1 Å². The van der Waals surface area contributed by atoms with Crippen molar-refractivity contribution in [1.29, 1.82) is 0 Å². The van der Waals surface area contributed by atoms with Gasteiger partial charge in [0.2, 0.25) is 5.91 Å². The van der Waals surface area contributed by atoms with Gasteiger partial charge in [0.25, 0.3) is 0 Å². The van der Waals surface area contributed by atoms with E-state index in [0.717, 1.165) is 22.3 Å². The second kappa shape index (κ2) is 6.43. The first-order valence-corrected chi connectivity index (χ1v) is 7.39. The molecule has 0 aliphatic heterocycles. The number of hydrogen-bond donors (Lipinski definition) is 1. The standard InChI is InChI=1S/C18H18N2O2/c1-13(17-11-15-6-2-3-7-16(15)22-17)20-18(21)9-8-14-5-4-10-19-12-14/h2-7,10-13H,8-9H2,1H3,(H,20,21). The molecule has 0 bridgehead atoms. The van der Waals surface area contributed by atoms with Crippen molar-refractivity contribution in [1.82, 2.24) is 10.3 Å². The van der Waals surface area contributed by atoms with Gasteiger partial charge in [-0.1, -0.05) is 24.3 Å². The summed E-state index contributed by atoms with van der Waals surface area (Å²) in [7, 11) is 0. The second-order valence-corrected chi connectivity index (χ2v) is 5.34. The van der Waals surface area contributed by atoms with Crippen molar-refractivity contribution in [2.45, 2.75) is 25.8 Å². The molecule has 4 nitrogen and oxygen atoms in total. The number of aryl methyl sites for hydroxylation is 1. The minimum absolute atomic E-state index is 0.0109. The van der Waals surface area contributed by atoms with E-state index >= 15 is 0 Å². The number of pyridine rings is 1. The van der Waals surface area contributed by atoms with Crippen molar-refractivity contribution < 1.29 is 9.21 Å². The van der Waals surface area contributed by atoms with Crippen LogP contribution in [-0.2, 0) is 11.2 Å². The largest absolute Gasteiger partial charge is 0.459 e. The van der Waals surface area contributed by atoms with Crippen molar-refractivity contribution in [2.24, 2.45) is 0 Å². The van der Waals surface area contributed by atoms with Crippen LogP contribution in [0.25, 0.3) is 11.0 Å². The van der Waals surface area contributed by atoms with Crippen LogP contribution < -0.4 is 5.32 Å². The number of benzene rings is 1. The number of carbonyl (C=O) groups excluding carboxylic acids is 1. The van der Waals surface area contributed by atoms with Crippen molar-refractivity contribution >= 4 is 16.9 Å². The summed E-state index contributed by atoms with van der Waals surface area (Å²) in [4.78, 5) is 16.1. The van der Waals surface area contributed by atoms with Crippen molar-refractivity contribution in [3.8, 4) is 0 Å². The Kier molecular flexibility index (Phi) is 4.19. The normalized spacial score (nSPS) is 12.2. The maximum Gasteiger partial charge on any atom is 0.220 e. The highest BCUT2D eigenvalue weighted by Gasteiger charge is 2.14. The predicted octanol–water partition coefficient (Wildman–Crippen LogP) is 3.64. The molecule has 0 aliphatic carbocycles. The molecule has 1 N–H and O–H groups in total. The van der Waals surface area contributed by atoms with E-state index in [1.54, 1.807) is 12.4 Å². The lowest BCUT2D eigenvalue weighted by Crippen LogP contribution is -2.26. The molecule has 2 aromatic heterocycles. The van der Waals surface area contributed by atoms with E-state index < -0.39 is 0 Å². The molecule has 4 heteroatoms. The van der Waals surface area contributed by atoms with Gasteiger partial charge in [-0.05, 0) is 37.1 Å². The Morgan fingerprint density at radius 3 is 2.91 bits per heavy atom. The van der Waals surface area contributed by atoms with E-state index in [-0.39, 0.29) is 11.9 Å². The van der Waals surface area contributed by atoms with Crippen LogP contribution in [0, 0.1) is 0 Å². The molecule has 0 aliphatic rings. The molecule has 0 saturated heterocycles. The van der Waals surface area contributed by atoms with E-state index in [1.165, 1.54) is 0 Å². The molecule has 112 valence electrons. The summed E-state index contributed by atoms with van der Waals surface area (Å²) >= 11 is 0. The van der Waals surface area contributed by atoms with Crippen molar-refractivity contribution in [2.75, 3.05) is 0 Å².